The number of nitrogens with one attached hydrogen (secondary N) is 1. The Bertz CT molecular complexity index is 799. The molecule has 1 aliphatic rings. The molecular formula is C18H25N3O5S. The summed E-state index contributed by atoms with van der Waals surface area (Å²) in [7, 11) is -3.72. The van der Waals surface area contributed by atoms with Gasteiger partial charge in [0.05, 0.1) is 11.5 Å². The Kier molecular flexibility index (Phi) is 6.98. The smallest absolute Gasteiger partial charge is 0.409 e. The molecule has 0 bridgehead atoms. The van der Waals surface area contributed by atoms with Crippen LogP contribution in [0.2, 0.25) is 0 Å². The molecule has 2 rings (SSSR count). The summed E-state index contributed by atoms with van der Waals surface area (Å²) >= 11 is 0. The summed E-state index contributed by atoms with van der Waals surface area (Å²) in [5.74, 6) is -0.178. The molecule has 0 aliphatic carbocycles. The van der Waals surface area contributed by atoms with Crippen LogP contribution in [0.5, 0.6) is 0 Å². The van der Waals surface area contributed by atoms with Crippen molar-refractivity contribution >= 4 is 27.7 Å². The first-order valence-corrected chi connectivity index (χ1v) is 10.1. The number of carbonyl (C=O) groups is 2. The van der Waals surface area contributed by atoms with Crippen LogP contribution in [0.3, 0.4) is 0 Å². The summed E-state index contributed by atoms with van der Waals surface area (Å²) in [6, 6.07) is 6.04. The lowest BCUT2D eigenvalue weighted by Gasteiger charge is -2.33. The molecule has 1 saturated heterocycles. The van der Waals surface area contributed by atoms with Crippen molar-refractivity contribution in [1.82, 2.24) is 9.21 Å². The number of rotatable bonds is 6. The molecule has 1 aromatic carbocycles. The molecule has 0 radical (unpaired) electrons. The van der Waals surface area contributed by atoms with Crippen LogP contribution in [0.25, 0.3) is 0 Å². The quantitative estimate of drug-likeness (QED) is 0.743. The fraction of sp³-hybridized carbons (Fsp3) is 0.444. The van der Waals surface area contributed by atoms with Crippen molar-refractivity contribution in [2.45, 2.75) is 18.7 Å². The molecule has 1 aliphatic heterocycles. The maximum absolute atomic E-state index is 12.8. The standard InChI is InChI=1S/C18H25N3O5S/c1-4-17(22)19-15-6-5-7-16(12-15)27(24,25)21-10-8-20(9-11-21)18(23)26-13-14(2)3/h4-7,12,14H,1,8-11,13H2,2-3H3,(H,19,22). The average Bonchev–Trinajstić information content (AvgIpc) is 2.66. The SMILES string of the molecule is C=CC(=O)Nc1cccc(S(=O)(=O)N2CCN(C(=O)OCC(C)C)CC2)c1. The lowest BCUT2D eigenvalue weighted by molar-refractivity contribution is -0.111. The van der Waals surface area contributed by atoms with Gasteiger partial charge in [0, 0.05) is 31.9 Å². The average molecular weight is 395 g/mol. The molecule has 148 valence electrons. The molecular weight excluding hydrogens is 370 g/mol. The van der Waals surface area contributed by atoms with Crippen LogP contribution in [0.4, 0.5) is 10.5 Å². The molecule has 1 fully saturated rings. The molecule has 1 N–H and O–H groups in total. The van der Waals surface area contributed by atoms with E-state index in [0.29, 0.717) is 12.3 Å². The zero-order valence-electron chi connectivity index (χ0n) is 15.6. The number of piperazine rings is 1. The number of carbonyl (C=O) groups excluding carboxylic acids is 2. The summed E-state index contributed by atoms with van der Waals surface area (Å²) < 4.78 is 32.2. The van der Waals surface area contributed by atoms with E-state index in [9.17, 15) is 18.0 Å². The van der Waals surface area contributed by atoms with Gasteiger partial charge in [-0.2, -0.15) is 4.31 Å². The fourth-order valence-electron chi connectivity index (χ4n) is 2.52. The van der Waals surface area contributed by atoms with Gasteiger partial charge in [0.25, 0.3) is 0 Å². The Morgan fingerprint density at radius 1 is 1.26 bits per heavy atom. The van der Waals surface area contributed by atoms with E-state index in [1.165, 1.54) is 21.3 Å². The van der Waals surface area contributed by atoms with Crippen molar-refractivity contribution in [3.63, 3.8) is 0 Å². The zero-order valence-corrected chi connectivity index (χ0v) is 16.4. The second-order valence-electron chi connectivity index (χ2n) is 6.58. The van der Waals surface area contributed by atoms with E-state index in [1.807, 2.05) is 13.8 Å². The van der Waals surface area contributed by atoms with E-state index >= 15 is 0 Å². The molecule has 1 aromatic rings. The Morgan fingerprint density at radius 3 is 2.52 bits per heavy atom. The number of benzene rings is 1. The maximum atomic E-state index is 12.8. The summed E-state index contributed by atoms with van der Waals surface area (Å²) in [6.45, 7) is 8.49. The minimum atomic E-state index is -3.72. The van der Waals surface area contributed by atoms with Gasteiger partial charge in [-0.3, -0.25) is 4.79 Å². The first-order chi connectivity index (χ1) is 12.7. The number of ether oxygens (including phenoxy) is 1. The van der Waals surface area contributed by atoms with Crippen LogP contribution < -0.4 is 5.32 Å². The highest BCUT2D eigenvalue weighted by Crippen LogP contribution is 2.21. The lowest BCUT2D eigenvalue weighted by Crippen LogP contribution is -2.50. The second-order valence-corrected chi connectivity index (χ2v) is 8.52. The molecule has 0 aromatic heterocycles. The summed E-state index contributed by atoms with van der Waals surface area (Å²) in [6.07, 6.45) is 0.688. The van der Waals surface area contributed by atoms with Crippen molar-refractivity contribution < 1.29 is 22.7 Å². The molecule has 2 amide bonds. The Labute approximate surface area is 159 Å². The van der Waals surface area contributed by atoms with Crippen LogP contribution >= 0.6 is 0 Å². The van der Waals surface area contributed by atoms with Gasteiger partial charge in [-0.1, -0.05) is 26.5 Å². The Morgan fingerprint density at radius 2 is 1.93 bits per heavy atom. The fourth-order valence-corrected chi connectivity index (χ4v) is 3.99. The van der Waals surface area contributed by atoms with Crippen LogP contribution in [0, 0.1) is 5.92 Å². The third-order valence-corrected chi connectivity index (χ3v) is 5.86. The zero-order chi connectivity index (χ0) is 20.0. The molecule has 1 heterocycles. The van der Waals surface area contributed by atoms with Gasteiger partial charge in [-0.25, -0.2) is 13.2 Å². The van der Waals surface area contributed by atoms with E-state index in [2.05, 4.69) is 11.9 Å². The molecule has 0 saturated carbocycles. The third-order valence-electron chi connectivity index (χ3n) is 3.96. The lowest BCUT2D eigenvalue weighted by atomic mass is 10.2. The van der Waals surface area contributed by atoms with E-state index in [0.717, 1.165) is 6.08 Å². The minimum Gasteiger partial charge on any atom is -0.449 e. The Balaban J connectivity index is 2.02. The maximum Gasteiger partial charge on any atom is 0.409 e. The highest BCUT2D eigenvalue weighted by Gasteiger charge is 2.30. The van der Waals surface area contributed by atoms with Gasteiger partial charge in [-0.15, -0.1) is 0 Å². The van der Waals surface area contributed by atoms with Crippen LogP contribution in [-0.2, 0) is 19.6 Å². The largest absolute Gasteiger partial charge is 0.449 e. The van der Waals surface area contributed by atoms with Gasteiger partial charge in [0.15, 0.2) is 0 Å². The summed E-state index contributed by atoms with van der Waals surface area (Å²) in [4.78, 5) is 25.0. The molecule has 27 heavy (non-hydrogen) atoms. The topological polar surface area (TPSA) is 96.0 Å². The summed E-state index contributed by atoms with van der Waals surface area (Å²) in [5, 5.41) is 2.54. The van der Waals surface area contributed by atoms with Crippen LogP contribution in [-0.4, -0.2) is 62.4 Å². The van der Waals surface area contributed by atoms with Crippen molar-refractivity contribution in [2.75, 3.05) is 38.1 Å². The third kappa shape index (κ3) is 5.54. The van der Waals surface area contributed by atoms with Crippen molar-refractivity contribution in [3.8, 4) is 0 Å². The van der Waals surface area contributed by atoms with E-state index in [1.54, 1.807) is 12.1 Å². The first kappa shape index (κ1) is 20.9. The van der Waals surface area contributed by atoms with Gasteiger partial charge >= 0.3 is 6.09 Å². The predicted octanol–water partition coefficient (Wildman–Crippen LogP) is 1.91. The monoisotopic (exact) mass is 395 g/mol. The summed E-state index contributed by atoms with van der Waals surface area (Å²) in [5.41, 5.74) is 0.372. The van der Waals surface area contributed by atoms with Crippen LogP contribution in [0.1, 0.15) is 13.8 Å². The number of amides is 2. The van der Waals surface area contributed by atoms with Gasteiger partial charge in [0.1, 0.15) is 0 Å². The molecule has 8 nitrogen and oxygen atoms in total. The predicted molar refractivity (Wildman–Crippen MR) is 102 cm³/mol. The molecule has 0 atom stereocenters. The number of anilines is 1. The van der Waals surface area contributed by atoms with Crippen molar-refractivity contribution in [2.24, 2.45) is 5.92 Å². The number of hydrogen-bond acceptors (Lipinski definition) is 5. The van der Waals surface area contributed by atoms with Crippen molar-refractivity contribution in [1.29, 1.82) is 0 Å². The minimum absolute atomic E-state index is 0.0835. The molecule has 9 heteroatoms. The number of hydrogen-bond donors (Lipinski definition) is 1. The van der Waals surface area contributed by atoms with E-state index in [-0.39, 0.29) is 37.0 Å². The van der Waals surface area contributed by atoms with Gasteiger partial charge in [0.2, 0.25) is 15.9 Å². The van der Waals surface area contributed by atoms with Gasteiger partial charge in [-0.05, 0) is 30.2 Å². The van der Waals surface area contributed by atoms with Crippen molar-refractivity contribution in [3.05, 3.63) is 36.9 Å². The number of sulfonamides is 1. The molecule has 0 unspecified atom stereocenters. The first-order valence-electron chi connectivity index (χ1n) is 8.69. The number of nitrogens with zero attached hydrogens (tertiary/aromatic N) is 2. The molecule has 0 spiro atoms. The highest BCUT2D eigenvalue weighted by molar-refractivity contribution is 7.89. The van der Waals surface area contributed by atoms with E-state index in [4.69, 9.17) is 4.74 Å². The second kappa shape index (κ2) is 9.01. The Hall–Kier alpha value is -2.39. The van der Waals surface area contributed by atoms with E-state index < -0.39 is 22.0 Å². The normalized spacial score (nSPS) is 15.4. The van der Waals surface area contributed by atoms with Gasteiger partial charge < -0.3 is 15.0 Å². The van der Waals surface area contributed by atoms with Crippen LogP contribution in [0.15, 0.2) is 41.8 Å². The highest BCUT2D eigenvalue weighted by atomic mass is 32.2.